The van der Waals surface area contributed by atoms with E-state index in [0.29, 0.717) is 5.69 Å². The van der Waals surface area contributed by atoms with Gasteiger partial charge in [0.15, 0.2) is 0 Å². The molecule has 2 rings (SSSR count). The van der Waals surface area contributed by atoms with Crippen molar-refractivity contribution in [2.75, 3.05) is 5.32 Å². The minimum Gasteiger partial charge on any atom is -0.478 e. The molecule has 0 radical (unpaired) electrons. The maximum Gasteiger partial charge on any atom is 0.339 e. The van der Waals surface area contributed by atoms with E-state index in [1.54, 1.807) is 0 Å². The first kappa shape index (κ1) is 13.0. The van der Waals surface area contributed by atoms with E-state index in [1.807, 2.05) is 32.0 Å². The van der Waals surface area contributed by atoms with Crippen LogP contribution >= 0.6 is 0 Å². The normalized spacial score (nSPS) is 10.3. The number of pyridine rings is 1. The molecule has 5 heteroatoms. The van der Waals surface area contributed by atoms with E-state index in [1.165, 1.54) is 0 Å². The lowest BCUT2D eigenvalue weighted by atomic mass is 10.1. The van der Waals surface area contributed by atoms with Gasteiger partial charge in [-0.3, -0.25) is 0 Å². The van der Waals surface area contributed by atoms with Crippen LogP contribution in [0.4, 0.5) is 15.9 Å². The standard InChI is InChI=1S/C14H13FN2O2/c1-8-3-4-11(5-9(8)2)17-13-12(14(18)19)6-10(15)7-16-13/h3-7H,1-2H3,(H,16,17)(H,18,19). The van der Waals surface area contributed by atoms with Gasteiger partial charge in [0.1, 0.15) is 17.2 Å². The topological polar surface area (TPSA) is 62.2 Å². The fourth-order valence-corrected chi connectivity index (χ4v) is 1.66. The molecule has 0 aliphatic carbocycles. The summed E-state index contributed by atoms with van der Waals surface area (Å²) < 4.78 is 13.0. The molecule has 1 heterocycles. The second-order valence-corrected chi connectivity index (χ2v) is 4.28. The van der Waals surface area contributed by atoms with E-state index >= 15 is 0 Å². The summed E-state index contributed by atoms with van der Waals surface area (Å²) in [5, 5.41) is 11.9. The van der Waals surface area contributed by atoms with E-state index in [0.717, 1.165) is 23.4 Å². The molecule has 0 bridgehead atoms. The average molecular weight is 260 g/mol. The highest BCUT2D eigenvalue weighted by Gasteiger charge is 2.13. The molecule has 0 spiro atoms. The number of carboxylic acids is 1. The van der Waals surface area contributed by atoms with Gasteiger partial charge < -0.3 is 10.4 Å². The van der Waals surface area contributed by atoms with Crippen LogP contribution in [0.3, 0.4) is 0 Å². The molecule has 2 N–H and O–H groups in total. The first-order valence-electron chi connectivity index (χ1n) is 5.70. The number of hydrogen-bond acceptors (Lipinski definition) is 3. The second kappa shape index (κ2) is 5.06. The van der Waals surface area contributed by atoms with Crippen LogP contribution in [0, 0.1) is 19.7 Å². The van der Waals surface area contributed by atoms with Crippen molar-refractivity contribution in [3.8, 4) is 0 Å². The Bertz CT molecular complexity index is 641. The minimum atomic E-state index is -1.22. The Kier molecular flexibility index (Phi) is 3.46. The van der Waals surface area contributed by atoms with Crippen molar-refractivity contribution in [2.24, 2.45) is 0 Å². The Balaban J connectivity index is 2.37. The molecule has 19 heavy (non-hydrogen) atoms. The van der Waals surface area contributed by atoms with Crippen LogP contribution in [0.2, 0.25) is 0 Å². The number of rotatable bonds is 3. The number of aromatic carboxylic acids is 1. The van der Waals surface area contributed by atoms with Crippen molar-refractivity contribution in [1.29, 1.82) is 0 Å². The van der Waals surface area contributed by atoms with Crippen molar-refractivity contribution >= 4 is 17.5 Å². The zero-order valence-electron chi connectivity index (χ0n) is 10.6. The minimum absolute atomic E-state index is 0.122. The highest BCUT2D eigenvalue weighted by atomic mass is 19.1. The summed E-state index contributed by atoms with van der Waals surface area (Å²) in [6.07, 6.45) is 0.982. The number of anilines is 2. The second-order valence-electron chi connectivity index (χ2n) is 4.28. The molecule has 98 valence electrons. The van der Waals surface area contributed by atoms with Crippen LogP contribution in [0.15, 0.2) is 30.5 Å². The van der Waals surface area contributed by atoms with Gasteiger partial charge in [-0.15, -0.1) is 0 Å². The summed E-state index contributed by atoms with van der Waals surface area (Å²) in [6, 6.07) is 6.56. The number of halogens is 1. The predicted molar refractivity (Wildman–Crippen MR) is 70.4 cm³/mol. The largest absolute Gasteiger partial charge is 0.478 e. The Labute approximate surface area is 109 Å². The number of carboxylic acid groups (broad SMARTS) is 1. The lowest BCUT2D eigenvalue weighted by Crippen LogP contribution is -2.05. The first-order chi connectivity index (χ1) is 8.97. The maximum atomic E-state index is 13.0. The van der Waals surface area contributed by atoms with Crippen molar-refractivity contribution < 1.29 is 14.3 Å². The predicted octanol–water partition coefficient (Wildman–Crippen LogP) is 3.28. The summed E-state index contributed by atoms with van der Waals surface area (Å²) in [5.41, 5.74) is 2.72. The Morgan fingerprint density at radius 2 is 2.00 bits per heavy atom. The Morgan fingerprint density at radius 1 is 1.26 bits per heavy atom. The molecule has 4 nitrogen and oxygen atoms in total. The van der Waals surface area contributed by atoms with E-state index < -0.39 is 11.8 Å². The van der Waals surface area contributed by atoms with Gasteiger partial charge in [-0.1, -0.05) is 6.07 Å². The van der Waals surface area contributed by atoms with Crippen molar-refractivity contribution in [1.82, 2.24) is 4.98 Å². The molecular formula is C14H13FN2O2. The van der Waals surface area contributed by atoms with Crippen LogP contribution in [-0.2, 0) is 0 Å². The van der Waals surface area contributed by atoms with Gasteiger partial charge in [-0.25, -0.2) is 14.2 Å². The van der Waals surface area contributed by atoms with Crippen molar-refractivity contribution in [2.45, 2.75) is 13.8 Å². The lowest BCUT2D eigenvalue weighted by Gasteiger charge is -2.10. The maximum absolute atomic E-state index is 13.0. The molecule has 0 unspecified atom stereocenters. The third kappa shape index (κ3) is 2.88. The molecular weight excluding hydrogens is 247 g/mol. The van der Waals surface area contributed by atoms with Gasteiger partial charge in [0.25, 0.3) is 0 Å². The molecule has 0 saturated heterocycles. The van der Waals surface area contributed by atoms with Crippen LogP contribution in [0.1, 0.15) is 21.5 Å². The van der Waals surface area contributed by atoms with E-state index in [2.05, 4.69) is 10.3 Å². The van der Waals surface area contributed by atoms with E-state index in [-0.39, 0.29) is 11.4 Å². The van der Waals surface area contributed by atoms with Gasteiger partial charge in [-0.2, -0.15) is 0 Å². The average Bonchev–Trinajstić information content (AvgIpc) is 2.36. The number of nitrogens with zero attached hydrogens (tertiary/aromatic N) is 1. The third-order valence-corrected chi connectivity index (χ3v) is 2.85. The molecule has 1 aromatic carbocycles. The first-order valence-corrected chi connectivity index (χ1v) is 5.70. The monoisotopic (exact) mass is 260 g/mol. The summed E-state index contributed by atoms with van der Waals surface area (Å²) in [4.78, 5) is 14.8. The summed E-state index contributed by atoms with van der Waals surface area (Å²) in [5.74, 6) is -1.78. The van der Waals surface area contributed by atoms with Gasteiger partial charge in [0.2, 0.25) is 0 Å². The lowest BCUT2D eigenvalue weighted by molar-refractivity contribution is 0.0697. The Morgan fingerprint density at radius 3 is 2.63 bits per heavy atom. The summed E-state index contributed by atoms with van der Waals surface area (Å²) in [7, 11) is 0. The van der Waals surface area contributed by atoms with Crippen molar-refractivity contribution in [3.63, 3.8) is 0 Å². The van der Waals surface area contributed by atoms with Crippen LogP contribution < -0.4 is 5.32 Å². The summed E-state index contributed by atoms with van der Waals surface area (Å²) >= 11 is 0. The number of nitrogens with one attached hydrogen (secondary N) is 1. The number of hydrogen-bond donors (Lipinski definition) is 2. The number of benzene rings is 1. The molecule has 2 aromatic rings. The van der Waals surface area contributed by atoms with E-state index in [4.69, 9.17) is 5.11 Å². The fraction of sp³-hybridized carbons (Fsp3) is 0.143. The number of carbonyl (C=O) groups is 1. The number of aromatic nitrogens is 1. The number of aryl methyl sites for hydroxylation is 2. The molecule has 0 aliphatic rings. The highest BCUT2D eigenvalue weighted by Crippen LogP contribution is 2.21. The van der Waals surface area contributed by atoms with Crippen LogP contribution in [0.25, 0.3) is 0 Å². The Hall–Kier alpha value is -2.43. The van der Waals surface area contributed by atoms with Gasteiger partial charge in [-0.05, 0) is 43.2 Å². The van der Waals surface area contributed by atoms with Gasteiger partial charge in [0.05, 0.1) is 6.20 Å². The van der Waals surface area contributed by atoms with Crippen LogP contribution in [0.5, 0.6) is 0 Å². The van der Waals surface area contributed by atoms with Crippen LogP contribution in [-0.4, -0.2) is 16.1 Å². The molecule has 0 saturated carbocycles. The third-order valence-electron chi connectivity index (χ3n) is 2.85. The molecule has 0 atom stereocenters. The smallest absolute Gasteiger partial charge is 0.339 e. The van der Waals surface area contributed by atoms with Gasteiger partial charge >= 0.3 is 5.97 Å². The molecule has 0 amide bonds. The van der Waals surface area contributed by atoms with E-state index in [9.17, 15) is 9.18 Å². The molecule has 0 aliphatic heterocycles. The fourth-order valence-electron chi connectivity index (χ4n) is 1.66. The SMILES string of the molecule is Cc1ccc(Nc2ncc(F)cc2C(=O)O)cc1C. The quantitative estimate of drug-likeness (QED) is 0.889. The zero-order valence-corrected chi connectivity index (χ0v) is 10.6. The molecule has 1 aromatic heterocycles. The van der Waals surface area contributed by atoms with Crippen molar-refractivity contribution in [3.05, 3.63) is 53.0 Å². The van der Waals surface area contributed by atoms with Gasteiger partial charge in [0, 0.05) is 5.69 Å². The molecule has 0 fully saturated rings. The summed E-state index contributed by atoms with van der Waals surface area (Å²) in [6.45, 7) is 3.94. The zero-order chi connectivity index (χ0) is 14.0. The highest BCUT2D eigenvalue weighted by molar-refractivity contribution is 5.93.